The number of imidazole rings is 1. The topological polar surface area (TPSA) is 52.8 Å². The van der Waals surface area contributed by atoms with Crippen molar-refractivity contribution < 1.29 is 14.3 Å². The van der Waals surface area contributed by atoms with Crippen LogP contribution in [0.25, 0.3) is 5.65 Å². The maximum absolute atomic E-state index is 12.3. The first kappa shape index (κ1) is 15.9. The highest BCUT2D eigenvalue weighted by molar-refractivity contribution is 5.88. The number of nitrogens with zero attached hydrogens (tertiary/aromatic N) is 2. The highest BCUT2D eigenvalue weighted by Gasteiger charge is 2.13. The van der Waals surface area contributed by atoms with Crippen molar-refractivity contribution in [3.63, 3.8) is 0 Å². The van der Waals surface area contributed by atoms with E-state index in [1.807, 2.05) is 79.0 Å². The summed E-state index contributed by atoms with van der Waals surface area (Å²) < 4.78 is 13.1. The Bertz CT molecular complexity index is 1010. The molecule has 4 rings (SSSR count). The average molecular weight is 344 g/mol. The van der Waals surface area contributed by atoms with Gasteiger partial charge in [0.05, 0.1) is 0 Å². The largest absolute Gasteiger partial charge is 0.457 e. The lowest BCUT2D eigenvalue weighted by atomic mass is 10.2. The van der Waals surface area contributed by atoms with Gasteiger partial charge in [0.15, 0.2) is 5.69 Å². The van der Waals surface area contributed by atoms with Gasteiger partial charge < -0.3 is 13.9 Å². The first-order valence-corrected chi connectivity index (χ1v) is 8.21. The molecule has 26 heavy (non-hydrogen) atoms. The summed E-state index contributed by atoms with van der Waals surface area (Å²) in [5.41, 5.74) is 1.76. The van der Waals surface area contributed by atoms with Gasteiger partial charge in [-0.1, -0.05) is 42.5 Å². The molecule has 0 amide bonds. The normalized spacial score (nSPS) is 10.6. The van der Waals surface area contributed by atoms with Crippen molar-refractivity contribution in [2.24, 2.45) is 0 Å². The van der Waals surface area contributed by atoms with Crippen LogP contribution in [0.2, 0.25) is 0 Å². The molecular weight excluding hydrogens is 328 g/mol. The molecule has 0 radical (unpaired) electrons. The van der Waals surface area contributed by atoms with Crippen molar-refractivity contribution in [2.75, 3.05) is 0 Å². The molecule has 0 fully saturated rings. The van der Waals surface area contributed by atoms with Crippen molar-refractivity contribution in [3.05, 3.63) is 96.4 Å². The quantitative estimate of drug-likeness (QED) is 0.501. The number of benzene rings is 2. The molecule has 0 unspecified atom stereocenters. The molecule has 2 aromatic heterocycles. The number of hydrogen-bond acceptors (Lipinski definition) is 4. The van der Waals surface area contributed by atoms with Crippen LogP contribution in [0.1, 0.15) is 16.1 Å². The van der Waals surface area contributed by atoms with E-state index in [9.17, 15) is 4.79 Å². The van der Waals surface area contributed by atoms with E-state index in [2.05, 4.69) is 4.98 Å². The number of rotatable bonds is 5. The van der Waals surface area contributed by atoms with Gasteiger partial charge in [0.2, 0.25) is 0 Å². The minimum atomic E-state index is -0.469. The highest BCUT2D eigenvalue weighted by atomic mass is 16.5. The molecule has 128 valence electrons. The second kappa shape index (κ2) is 7.11. The Labute approximate surface area is 150 Å². The summed E-state index contributed by atoms with van der Waals surface area (Å²) in [6.07, 6.45) is 3.49. The smallest absolute Gasteiger partial charge is 0.358 e. The van der Waals surface area contributed by atoms with Gasteiger partial charge in [0.1, 0.15) is 23.8 Å². The Hall–Kier alpha value is -3.60. The number of aromatic nitrogens is 2. The molecule has 0 aliphatic rings. The number of ether oxygens (including phenoxy) is 2. The van der Waals surface area contributed by atoms with Crippen LogP contribution in [0, 0.1) is 0 Å². The number of para-hydroxylation sites is 2. The minimum Gasteiger partial charge on any atom is -0.457 e. The Morgan fingerprint density at radius 3 is 2.54 bits per heavy atom. The standard InChI is InChI=1S/C21H16N2O3/c24-21(18-14-23-13-7-6-12-20(23)22-18)25-15-16-8-4-5-11-19(16)26-17-9-2-1-3-10-17/h1-14H,15H2. The van der Waals surface area contributed by atoms with Crippen LogP contribution in [0.15, 0.2) is 85.2 Å². The number of pyridine rings is 1. The Kier molecular flexibility index (Phi) is 4.35. The number of esters is 1. The SMILES string of the molecule is O=C(OCc1ccccc1Oc1ccccc1)c1cn2ccccc2n1. The van der Waals surface area contributed by atoms with Gasteiger partial charge in [-0.3, -0.25) is 0 Å². The molecule has 0 spiro atoms. The second-order valence-corrected chi connectivity index (χ2v) is 5.69. The third kappa shape index (κ3) is 3.42. The van der Waals surface area contributed by atoms with Crippen molar-refractivity contribution in [3.8, 4) is 11.5 Å². The first-order chi connectivity index (χ1) is 12.8. The average Bonchev–Trinajstić information content (AvgIpc) is 3.12. The number of carbonyl (C=O) groups excluding carboxylic acids is 1. The molecule has 0 atom stereocenters. The minimum absolute atomic E-state index is 0.107. The van der Waals surface area contributed by atoms with Crippen LogP contribution < -0.4 is 4.74 Å². The van der Waals surface area contributed by atoms with E-state index in [1.165, 1.54) is 0 Å². The molecule has 0 aliphatic heterocycles. The van der Waals surface area contributed by atoms with E-state index in [0.29, 0.717) is 11.4 Å². The summed E-state index contributed by atoms with van der Waals surface area (Å²) in [6.45, 7) is 0.107. The molecule has 5 heteroatoms. The maximum Gasteiger partial charge on any atom is 0.358 e. The van der Waals surface area contributed by atoms with Crippen molar-refractivity contribution in [2.45, 2.75) is 6.61 Å². The second-order valence-electron chi connectivity index (χ2n) is 5.69. The van der Waals surface area contributed by atoms with Crippen molar-refractivity contribution in [1.82, 2.24) is 9.38 Å². The number of carbonyl (C=O) groups is 1. The van der Waals surface area contributed by atoms with Gasteiger partial charge in [-0.15, -0.1) is 0 Å². The maximum atomic E-state index is 12.3. The summed E-state index contributed by atoms with van der Waals surface area (Å²) in [5, 5.41) is 0. The Morgan fingerprint density at radius 1 is 0.923 bits per heavy atom. The van der Waals surface area contributed by atoms with E-state index in [0.717, 1.165) is 11.3 Å². The third-order valence-corrected chi connectivity index (χ3v) is 3.88. The summed E-state index contributed by atoms with van der Waals surface area (Å²) in [5.74, 6) is 0.913. The van der Waals surface area contributed by atoms with Crippen LogP contribution in [-0.4, -0.2) is 15.4 Å². The molecule has 5 nitrogen and oxygen atoms in total. The fourth-order valence-electron chi connectivity index (χ4n) is 2.59. The lowest BCUT2D eigenvalue weighted by molar-refractivity contribution is 0.0464. The molecule has 0 N–H and O–H groups in total. The van der Waals surface area contributed by atoms with Crippen LogP contribution in [0.3, 0.4) is 0 Å². The van der Waals surface area contributed by atoms with Gasteiger partial charge >= 0.3 is 5.97 Å². The Balaban J connectivity index is 1.48. The fourth-order valence-corrected chi connectivity index (χ4v) is 2.59. The fraction of sp³-hybridized carbons (Fsp3) is 0.0476. The van der Waals surface area contributed by atoms with E-state index < -0.39 is 5.97 Å². The van der Waals surface area contributed by atoms with Gasteiger partial charge in [0, 0.05) is 18.0 Å². The lowest BCUT2D eigenvalue weighted by Crippen LogP contribution is -2.06. The van der Waals surface area contributed by atoms with Gasteiger partial charge in [-0.05, 0) is 30.3 Å². The molecule has 2 heterocycles. The first-order valence-electron chi connectivity index (χ1n) is 8.21. The third-order valence-electron chi connectivity index (χ3n) is 3.88. The zero-order valence-corrected chi connectivity index (χ0v) is 13.9. The lowest BCUT2D eigenvalue weighted by Gasteiger charge is -2.11. The van der Waals surface area contributed by atoms with Gasteiger partial charge in [0.25, 0.3) is 0 Å². The molecule has 0 aliphatic carbocycles. The van der Waals surface area contributed by atoms with E-state index in [-0.39, 0.29) is 12.3 Å². The number of fused-ring (bicyclic) bond motifs is 1. The summed E-state index contributed by atoms with van der Waals surface area (Å²) in [7, 11) is 0. The molecule has 0 saturated carbocycles. The molecule has 0 saturated heterocycles. The zero-order chi connectivity index (χ0) is 17.8. The van der Waals surface area contributed by atoms with Crippen molar-refractivity contribution in [1.29, 1.82) is 0 Å². The summed E-state index contributed by atoms with van der Waals surface area (Å²) in [6, 6.07) is 22.5. The van der Waals surface area contributed by atoms with E-state index in [1.54, 1.807) is 10.6 Å². The van der Waals surface area contributed by atoms with E-state index in [4.69, 9.17) is 9.47 Å². The summed E-state index contributed by atoms with van der Waals surface area (Å²) in [4.78, 5) is 16.6. The molecule has 2 aromatic carbocycles. The monoisotopic (exact) mass is 344 g/mol. The predicted molar refractivity (Wildman–Crippen MR) is 97.3 cm³/mol. The summed E-state index contributed by atoms with van der Waals surface area (Å²) >= 11 is 0. The molecule has 4 aromatic rings. The van der Waals surface area contributed by atoms with Crippen molar-refractivity contribution >= 4 is 11.6 Å². The van der Waals surface area contributed by atoms with Crippen LogP contribution in [-0.2, 0) is 11.3 Å². The van der Waals surface area contributed by atoms with Crippen LogP contribution >= 0.6 is 0 Å². The van der Waals surface area contributed by atoms with Crippen LogP contribution in [0.5, 0.6) is 11.5 Å². The highest BCUT2D eigenvalue weighted by Crippen LogP contribution is 2.25. The van der Waals surface area contributed by atoms with Crippen LogP contribution in [0.4, 0.5) is 0 Å². The van der Waals surface area contributed by atoms with E-state index >= 15 is 0 Å². The Morgan fingerprint density at radius 2 is 1.69 bits per heavy atom. The predicted octanol–water partition coefficient (Wildman–Crippen LogP) is 4.48. The zero-order valence-electron chi connectivity index (χ0n) is 13.9. The van der Waals surface area contributed by atoms with Gasteiger partial charge in [-0.25, -0.2) is 9.78 Å². The van der Waals surface area contributed by atoms with Gasteiger partial charge in [-0.2, -0.15) is 0 Å². The molecular formula is C21H16N2O3. The molecule has 0 bridgehead atoms. The number of hydrogen-bond donors (Lipinski definition) is 0.